The number of methoxy groups -OCH3 is 1. The number of likely N-dealkylation sites (N-methyl/N-ethyl adjacent to an activating group) is 2. The van der Waals surface area contributed by atoms with Gasteiger partial charge in [-0.25, -0.2) is 59.8 Å². The molecule has 0 radical (unpaired) electrons. The van der Waals surface area contributed by atoms with E-state index >= 15 is 0 Å². The minimum absolute atomic E-state index is 0.573. The number of fused-ring (bicyclic) bond motifs is 16. The van der Waals surface area contributed by atoms with E-state index in [0.717, 1.165) is 307 Å². The van der Waals surface area contributed by atoms with Gasteiger partial charge in [-0.05, 0) is 104 Å². The first-order valence-corrected chi connectivity index (χ1v) is 48.3. The Bertz CT molecular complexity index is 7880. The second-order valence-electron chi connectivity index (χ2n) is 36.4. The summed E-state index contributed by atoms with van der Waals surface area (Å²) in [6.45, 7) is 26.2. The molecule has 0 bridgehead atoms. The summed E-state index contributed by atoms with van der Waals surface area (Å²) in [6.07, 6.45) is 15.4. The van der Waals surface area contributed by atoms with E-state index in [1.807, 2.05) is 73.8 Å². The van der Waals surface area contributed by atoms with Crippen LogP contribution in [0.3, 0.4) is 0 Å². The number of aromatic amines is 4. The normalized spacial score (nSPS) is 16.9. The molecule has 36 heteroatoms. The molecule has 0 atom stereocenters. The third kappa shape index (κ3) is 17.8. The van der Waals surface area contributed by atoms with Crippen molar-refractivity contribution < 1.29 is 50.8 Å². The molecule has 4 aromatic carbocycles. The van der Waals surface area contributed by atoms with E-state index in [9.17, 15) is 0 Å². The van der Waals surface area contributed by atoms with Gasteiger partial charge in [0.05, 0.1) is 119 Å². The van der Waals surface area contributed by atoms with Gasteiger partial charge in [-0.2, -0.15) is 0 Å². The zero-order valence-electron chi connectivity index (χ0n) is 78.4. The van der Waals surface area contributed by atoms with E-state index in [4.69, 9.17) is 95.7 Å². The fourth-order valence-electron chi connectivity index (χ4n) is 19.9. The Morgan fingerprint density at radius 3 is 0.964 bits per heavy atom. The first kappa shape index (κ1) is 88.4. The molecule has 7 aliphatic heterocycles. The highest BCUT2D eigenvalue weighted by Gasteiger charge is 2.32. The second kappa shape index (κ2) is 39.2. The molecular weight excluding hydrogens is 1780 g/mol. The Balaban J connectivity index is 0.000000101. The van der Waals surface area contributed by atoms with Crippen molar-refractivity contribution >= 4 is 161 Å². The van der Waals surface area contributed by atoms with Gasteiger partial charge in [0.25, 0.3) is 0 Å². The molecule has 23 heterocycles. The van der Waals surface area contributed by atoms with Crippen LogP contribution in [0.4, 0.5) is 29.0 Å². The number of piperazine rings is 1. The predicted molar refractivity (Wildman–Crippen MR) is 540 cm³/mol. The SMILES string of the molecule is CN1CCN(Cc2cnc3oc4c(N5CCOCC5)nc(-c5cccc6[nH]ccc56)nc4c3c2)CC1.COCCN(C)Cc1cnc2oc3c(N4CCOCC4)nc(-c4cccc5[nH]ccc45)nc3c2c1.c1cc(-c2nc(N3CCOCC3)c3oc4ncc(CN5CCOCC5)cc4c3n2)c2cc[nH]c2c1.c1cc(-c2nc(N3CCOCC3)c3oc4ncc(N5CCOCC5)cc4c3n2)c2cc[nH]c2c1. The summed E-state index contributed by atoms with van der Waals surface area (Å²) in [6, 6.07) is 41.6. The van der Waals surface area contributed by atoms with Crippen LogP contribution >= 0.6 is 0 Å². The van der Waals surface area contributed by atoms with E-state index < -0.39 is 0 Å². The summed E-state index contributed by atoms with van der Waals surface area (Å²) < 4.78 is 63.8. The maximum absolute atomic E-state index is 6.31. The lowest BCUT2D eigenvalue weighted by Gasteiger charge is -2.32. The largest absolute Gasteiger partial charge is 0.432 e. The molecule has 7 saturated heterocycles. The highest BCUT2D eigenvalue weighted by Crippen LogP contribution is 2.44. The summed E-state index contributed by atoms with van der Waals surface area (Å²) in [4.78, 5) is 92.9. The molecule has 0 amide bonds. The highest BCUT2D eigenvalue weighted by molar-refractivity contribution is 6.11. The van der Waals surface area contributed by atoms with Crippen molar-refractivity contribution in [2.45, 2.75) is 19.6 Å². The molecule has 714 valence electrons. The Morgan fingerprint density at radius 1 is 0.321 bits per heavy atom. The van der Waals surface area contributed by atoms with Crippen molar-refractivity contribution in [1.29, 1.82) is 0 Å². The van der Waals surface area contributed by atoms with E-state index in [-0.39, 0.29) is 0 Å². The number of hydrogen-bond acceptors (Lipinski definition) is 32. The standard InChI is InChI=1S/C27H29N7O2.C26H26N6O3.C26H28N6O3.C25H24N6O3/c1-32-7-9-33(10-8-32)17-18-15-21-23-24(36-27(21)29-16-18)26(34-11-13-35-14-12-34)31-25(30-23)20-3-2-4-22-19(20)5-6-28-22;1-2-19(18-4-5-27-21(18)3-1)24-29-22-20-14-17(16-31-6-10-33-11-7-31)15-28-26(20)35-23(22)25(30-24)32-8-12-34-13-9-32;1-31(8-11-33-2)16-17-14-20-22-23(35-26(20)28-15-17)25(32-9-12-34-13-10-32)30-24(29-22)19-4-3-5-21-18(19)6-7-27-21;1-2-18(17-4-5-26-20(17)3-1)23-28-21-19-14-16(30-6-10-32-11-7-30)15-27-25(19)34-22(21)24(29-23)31-8-12-33-13-9-31/h2-6,15-16,28H,7-14,17H2,1H3;1-5,14-15,27H,6-13,16H2;3-7,14-15,27H,8-13,16H2,1-2H3;1-5,14-15,26H,6-13H2. The van der Waals surface area contributed by atoms with Crippen LogP contribution < -0.4 is 24.5 Å². The summed E-state index contributed by atoms with van der Waals surface area (Å²) in [5, 5.41) is 8.04. The van der Waals surface area contributed by atoms with Crippen LogP contribution in [0, 0.1) is 0 Å². The minimum atomic E-state index is 0.573. The van der Waals surface area contributed by atoms with Gasteiger partial charge in [0.1, 0.15) is 22.1 Å². The number of pyridine rings is 4. The molecule has 0 spiro atoms. The quantitative estimate of drug-likeness (QED) is 0.0620. The van der Waals surface area contributed by atoms with Crippen molar-refractivity contribution in [3.05, 3.63) is 188 Å². The average Bonchev–Trinajstić information content (AvgIpc) is 1.60. The lowest BCUT2D eigenvalue weighted by atomic mass is 10.1. The topological polar surface area (TPSA) is 364 Å². The number of hydrogen-bond donors (Lipinski definition) is 4. The summed E-state index contributed by atoms with van der Waals surface area (Å²) in [5.74, 6) is 5.93. The van der Waals surface area contributed by atoms with Crippen molar-refractivity contribution in [2.24, 2.45) is 0 Å². The fraction of sp³-hybridized carbons (Fsp3) is 0.346. The number of benzene rings is 4. The first-order valence-electron chi connectivity index (χ1n) is 48.3. The molecule has 7 fully saturated rings. The Kier molecular flexibility index (Phi) is 24.7. The molecule has 0 saturated carbocycles. The molecule has 0 unspecified atom stereocenters. The maximum Gasteiger partial charge on any atom is 0.229 e. The van der Waals surface area contributed by atoms with Gasteiger partial charge in [-0.1, -0.05) is 48.5 Å². The smallest absolute Gasteiger partial charge is 0.229 e. The van der Waals surface area contributed by atoms with Crippen LogP contribution in [-0.4, -0.2) is 318 Å². The van der Waals surface area contributed by atoms with Gasteiger partial charge in [-0.3, -0.25) is 14.7 Å². The molecule has 7 aliphatic rings. The number of H-pyrrole nitrogens is 4. The van der Waals surface area contributed by atoms with Gasteiger partial charge in [0, 0.05) is 247 Å². The Morgan fingerprint density at radius 2 is 0.621 bits per heavy atom. The number of aromatic nitrogens is 16. The lowest BCUT2D eigenvalue weighted by Crippen LogP contribution is -2.43. The summed E-state index contributed by atoms with van der Waals surface area (Å²) in [5.41, 5.74) is 20.9. The molecule has 36 nitrogen and oxygen atoms in total. The van der Waals surface area contributed by atoms with Crippen LogP contribution in [-0.2, 0) is 52.8 Å². The number of nitrogens with zero attached hydrogens (tertiary/aromatic N) is 21. The Hall–Kier alpha value is -14.3. The number of anilines is 5. The third-order valence-electron chi connectivity index (χ3n) is 27.4. The molecule has 16 aromatic heterocycles. The lowest BCUT2D eigenvalue weighted by molar-refractivity contribution is 0.0341. The number of furan rings is 4. The van der Waals surface area contributed by atoms with Crippen LogP contribution in [0.15, 0.2) is 189 Å². The molecule has 27 rings (SSSR count). The van der Waals surface area contributed by atoms with Crippen molar-refractivity contribution in [2.75, 3.05) is 243 Å². The number of morpholine rings is 6. The van der Waals surface area contributed by atoms with Gasteiger partial charge < -0.3 is 100 Å². The summed E-state index contributed by atoms with van der Waals surface area (Å²) in [7, 11) is 5.97. The van der Waals surface area contributed by atoms with Gasteiger partial charge in [0.2, 0.25) is 22.9 Å². The highest BCUT2D eigenvalue weighted by atomic mass is 16.5. The molecule has 4 N–H and O–H groups in total. The van der Waals surface area contributed by atoms with E-state index in [2.05, 4.69) is 190 Å². The molecule has 20 aromatic rings. The van der Waals surface area contributed by atoms with Gasteiger partial charge in [0.15, 0.2) is 68.9 Å². The van der Waals surface area contributed by atoms with Crippen molar-refractivity contribution in [3.8, 4) is 45.6 Å². The molecular formula is C104H107N25O11. The fourth-order valence-corrected chi connectivity index (χ4v) is 19.9. The van der Waals surface area contributed by atoms with Gasteiger partial charge >= 0.3 is 0 Å². The monoisotopic (exact) mass is 1880 g/mol. The van der Waals surface area contributed by atoms with Crippen molar-refractivity contribution in [3.63, 3.8) is 0 Å². The first-order chi connectivity index (χ1) is 69.1. The summed E-state index contributed by atoms with van der Waals surface area (Å²) >= 11 is 0. The minimum Gasteiger partial charge on any atom is -0.432 e. The zero-order chi connectivity index (χ0) is 93.5. The van der Waals surface area contributed by atoms with Gasteiger partial charge in [-0.15, -0.1) is 0 Å². The number of rotatable bonds is 18. The third-order valence-corrected chi connectivity index (χ3v) is 27.4. The molecule has 140 heavy (non-hydrogen) atoms. The molecule has 0 aliphatic carbocycles. The van der Waals surface area contributed by atoms with Crippen LogP contribution in [0.2, 0.25) is 0 Å². The van der Waals surface area contributed by atoms with Crippen LogP contribution in [0.5, 0.6) is 0 Å². The van der Waals surface area contributed by atoms with E-state index in [1.165, 1.54) is 5.56 Å². The van der Waals surface area contributed by atoms with Crippen molar-refractivity contribution in [1.82, 2.24) is 99.3 Å². The van der Waals surface area contributed by atoms with Crippen LogP contribution in [0.25, 0.3) is 178 Å². The predicted octanol–water partition coefficient (Wildman–Crippen LogP) is 14.5. The Labute approximate surface area is 802 Å². The van der Waals surface area contributed by atoms with E-state index in [1.54, 1.807) is 7.11 Å². The number of nitrogens with one attached hydrogen (secondary N) is 4. The van der Waals surface area contributed by atoms with E-state index in [0.29, 0.717) is 128 Å². The zero-order valence-corrected chi connectivity index (χ0v) is 78.4. The number of ether oxygens (including phenoxy) is 7. The maximum atomic E-state index is 6.31. The average molecular weight is 1880 g/mol. The second-order valence-corrected chi connectivity index (χ2v) is 36.4. The van der Waals surface area contributed by atoms with Crippen LogP contribution in [0.1, 0.15) is 16.7 Å².